The number of halogens is 4. The Hall–Kier alpha value is -4.44. The first-order valence-electron chi connectivity index (χ1n) is 11.5. The summed E-state index contributed by atoms with van der Waals surface area (Å²) in [5.41, 5.74) is -3.08. The topological polar surface area (TPSA) is 102 Å². The lowest BCUT2D eigenvalue weighted by Gasteiger charge is -2.48. The number of aromatic nitrogens is 2. The molecule has 0 bridgehead atoms. The van der Waals surface area contributed by atoms with Gasteiger partial charge in [-0.2, -0.15) is 18.4 Å². The van der Waals surface area contributed by atoms with Crippen LogP contribution in [0.15, 0.2) is 55.0 Å². The van der Waals surface area contributed by atoms with Crippen LogP contribution in [0.2, 0.25) is 0 Å². The number of aldehydes is 1. The number of nitrogens with one attached hydrogen (secondary N) is 1. The number of amides is 1. The van der Waals surface area contributed by atoms with Gasteiger partial charge in [0.2, 0.25) is 0 Å². The quantitative estimate of drug-likeness (QED) is 0.254. The van der Waals surface area contributed by atoms with Crippen LogP contribution in [0.4, 0.5) is 34.6 Å². The van der Waals surface area contributed by atoms with Crippen LogP contribution in [0.25, 0.3) is 0 Å². The summed E-state index contributed by atoms with van der Waals surface area (Å²) in [6.45, 7) is 0. The van der Waals surface area contributed by atoms with Gasteiger partial charge in [-0.05, 0) is 67.9 Å². The minimum Gasteiger partial charge on any atom is -0.320 e. The molecular formula is C26H20F4N6O2S. The number of rotatable bonds is 6. The number of hydrogen-bond donors (Lipinski definition) is 1. The molecule has 1 amide bonds. The summed E-state index contributed by atoms with van der Waals surface area (Å²) in [5.74, 6) is -1.63. The predicted molar refractivity (Wildman–Crippen MR) is 139 cm³/mol. The minimum absolute atomic E-state index is 0.0929. The molecule has 0 spiro atoms. The first-order chi connectivity index (χ1) is 18.5. The third-order valence-corrected chi connectivity index (χ3v) is 6.87. The average Bonchev–Trinajstić information content (AvgIpc) is 2.89. The fourth-order valence-electron chi connectivity index (χ4n) is 4.16. The van der Waals surface area contributed by atoms with Crippen LogP contribution in [0.1, 0.15) is 40.9 Å². The van der Waals surface area contributed by atoms with Crippen LogP contribution < -0.4 is 15.1 Å². The SMILES string of the molecule is CN(C(=S)N(c1ccc(C(=O)Nc2cccnc2)c(F)c1)C1(C=O)CCC1)c1cnc(C#N)c(C(F)(F)F)c1. The molecule has 0 aliphatic heterocycles. The van der Waals surface area contributed by atoms with E-state index < -0.39 is 34.7 Å². The van der Waals surface area contributed by atoms with Crippen molar-refractivity contribution in [2.45, 2.75) is 31.0 Å². The number of hydrogen-bond acceptors (Lipinski definition) is 6. The Balaban J connectivity index is 1.70. The molecule has 13 heteroatoms. The van der Waals surface area contributed by atoms with E-state index in [1.807, 2.05) is 0 Å². The maximum atomic E-state index is 15.2. The van der Waals surface area contributed by atoms with Gasteiger partial charge < -0.3 is 19.9 Å². The van der Waals surface area contributed by atoms with Gasteiger partial charge >= 0.3 is 6.18 Å². The van der Waals surface area contributed by atoms with E-state index in [9.17, 15) is 22.8 Å². The van der Waals surface area contributed by atoms with E-state index in [-0.39, 0.29) is 22.1 Å². The molecule has 2 aromatic heterocycles. The van der Waals surface area contributed by atoms with Crippen LogP contribution in [0, 0.1) is 17.1 Å². The summed E-state index contributed by atoms with van der Waals surface area (Å²) < 4.78 is 55.8. The number of anilines is 3. The van der Waals surface area contributed by atoms with E-state index in [1.165, 1.54) is 47.4 Å². The second kappa shape index (κ2) is 10.7. The standard InChI is InChI=1S/C26H20F4N6O2S/c1-35(18-10-20(26(28,29)30)22(12-31)33-14-18)24(39)36(25(15-37)7-3-8-25)17-5-6-19(21(27)11-17)23(38)34-16-4-2-9-32-13-16/h2,4-6,9-11,13-15H,3,7-8H2,1H3,(H,34,38). The third-order valence-electron chi connectivity index (χ3n) is 6.41. The first kappa shape index (κ1) is 27.6. The van der Waals surface area contributed by atoms with E-state index in [2.05, 4.69) is 15.3 Å². The van der Waals surface area contributed by atoms with Crippen LogP contribution in [0.5, 0.6) is 0 Å². The lowest BCUT2D eigenvalue weighted by atomic mass is 9.76. The van der Waals surface area contributed by atoms with Crippen LogP contribution in [-0.2, 0) is 11.0 Å². The zero-order valence-corrected chi connectivity index (χ0v) is 21.2. The van der Waals surface area contributed by atoms with E-state index in [1.54, 1.807) is 12.1 Å². The van der Waals surface area contributed by atoms with Crippen molar-refractivity contribution < 1.29 is 27.2 Å². The molecule has 0 saturated heterocycles. The van der Waals surface area contributed by atoms with E-state index >= 15 is 4.39 Å². The number of alkyl halides is 3. The van der Waals surface area contributed by atoms with Crippen molar-refractivity contribution in [3.8, 4) is 6.07 Å². The number of benzene rings is 1. The molecule has 0 atom stereocenters. The highest BCUT2D eigenvalue weighted by Gasteiger charge is 2.46. The lowest BCUT2D eigenvalue weighted by molar-refractivity contribution is -0.138. The molecular weight excluding hydrogens is 536 g/mol. The fraction of sp³-hybridized carbons (Fsp3) is 0.231. The predicted octanol–water partition coefficient (Wildman–Crippen LogP) is 5.11. The molecule has 1 fully saturated rings. The zero-order valence-electron chi connectivity index (χ0n) is 20.4. The largest absolute Gasteiger partial charge is 0.419 e. The summed E-state index contributed by atoms with van der Waals surface area (Å²) in [5, 5.41) is 11.5. The monoisotopic (exact) mass is 556 g/mol. The molecule has 39 heavy (non-hydrogen) atoms. The number of carbonyl (C=O) groups excluding carboxylic acids is 2. The molecule has 1 aliphatic rings. The summed E-state index contributed by atoms with van der Waals surface area (Å²) >= 11 is 5.60. The molecule has 4 rings (SSSR count). The number of thiocarbonyl (C=S) groups is 1. The Kier molecular flexibility index (Phi) is 7.60. The second-order valence-electron chi connectivity index (χ2n) is 8.81. The highest BCUT2D eigenvalue weighted by molar-refractivity contribution is 7.80. The molecule has 3 aromatic rings. The third kappa shape index (κ3) is 5.42. The van der Waals surface area contributed by atoms with Crippen molar-refractivity contribution in [3.05, 3.63) is 77.6 Å². The van der Waals surface area contributed by atoms with Gasteiger partial charge in [0, 0.05) is 18.9 Å². The molecule has 1 aliphatic carbocycles. The van der Waals surface area contributed by atoms with Crippen LogP contribution in [0.3, 0.4) is 0 Å². The molecule has 1 aromatic carbocycles. The summed E-state index contributed by atoms with van der Waals surface area (Å²) in [6, 6.07) is 9.01. The lowest BCUT2D eigenvalue weighted by Crippen LogP contribution is -2.60. The number of nitriles is 1. The van der Waals surface area contributed by atoms with E-state index in [4.69, 9.17) is 17.5 Å². The van der Waals surface area contributed by atoms with Gasteiger partial charge in [0.1, 0.15) is 23.7 Å². The van der Waals surface area contributed by atoms with Gasteiger partial charge in [0.05, 0.1) is 34.9 Å². The Bertz CT molecular complexity index is 1470. The number of nitrogens with zero attached hydrogens (tertiary/aromatic N) is 5. The van der Waals surface area contributed by atoms with Gasteiger partial charge in [0.25, 0.3) is 5.91 Å². The Morgan fingerprint density at radius 1 is 1.21 bits per heavy atom. The Morgan fingerprint density at radius 3 is 2.49 bits per heavy atom. The van der Waals surface area contributed by atoms with Gasteiger partial charge in [-0.25, -0.2) is 9.37 Å². The van der Waals surface area contributed by atoms with Gasteiger partial charge in [-0.3, -0.25) is 9.78 Å². The number of pyridine rings is 2. The summed E-state index contributed by atoms with van der Waals surface area (Å²) in [4.78, 5) is 34.9. The van der Waals surface area contributed by atoms with Crippen LogP contribution in [-0.4, -0.2) is 39.9 Å². The van der Waals surface area contributed by atoms with Crippen molar-refractivity contribution in [2.24, 2.45) is 0 Å². The second-order valence-corrected chi connectivity index (χ2v) is 9.18. The highest BCUT2D eigenvalue weighted by atomic mass is 32.1. The molecule has 1 N–H and O–H groups in total. The summed E-state index contributed by atoms with van der Waals surface area (Å²) in [6.07, 6.45) is 1.21. The van der Waals surface area contributed by atoms with Gasteiger partial charge in [-0.1, -0.05) is 0 Å². The Morgan fingerprint density at radius 2 is 1.95 bits per heavy atom. The molecule has 0 radical (unpaired) electrons. The maximum absolute atomic E-state index is 15.2. The molecule has 0 unspecified atom stereocenters. The molecule has 8 nitrogen and oxygen atoms in total. The van der Waals surface area contributed by atoms with Gasteiger partial charge in [0.15, 0.2) is 10.8 Å². The van der Waals surface area contributed by atoms with E-state index in [0.29, 0.717) is 31.2 Å². The first-order valence-corrected chi connectivity index (χ1v) is 11.9. The number of carbonyl (C=O) groups is 2. The van der Waals surface area contributed by atoms with Crippen molar-refractivity contribution in [2.75, 3.05) is 22.2 Å². The highest BCUT2D eigenvalue weighted by Crippen LogP contribution is 2.41. The van der Waals surface area contributed by atoms with Crippen molar-refractivity contribution in [1.82, 2.24) is 9.97 Å². The Labute approximate surface area is 225 Å². The fourth-order valence-corrected chi connectivity index (χ4v) is 4.55. The maximum Gasteiger partial charge on any atom is 0.419 e. The average molecular weight is 557 g/mol. The summed E-state index contributed by atoms with van der Waals surface area (Å²) in [7, 11) is 1.38. The normalized spacial score (nSPS) is 13.9. The van der Waals surface area contributed by atoms with Crippen molar-refractivity contribution in [1.29, 1.82) is 5.26 Å². The molecule has 2 heterocycles. The van der Waals surface area contributed by atoms with Crippen molar-refractivity contribution >= 4 is 46.6 Å². The smallest absolute Gasteiger partial charge is 0.320 e. The molecule has 1 saturated carbocycles. The zero-order chi connectivity index (χ0) is 28.4. The van der Waals surface area contributed by atoms with Crippen LogP contribution >= 0.6 is 12.2 Å². The van der Waals surface area contributed by atoms with Gasteiger partial charge in [-0.15, -0.1) is 0 Å². The molecule has 200 valence electrons. The van der Waals surface area contributed by atoms with Crippen molar-refractivity contribution in [3.63, 3.8) is 0 Å². The minimum atomic E-state index is -4.84. The van der Waals surface area contributed by atoms with E-state index in [0.717, 1.165) is 18.3 Å².